The molecule has 0 saturated heterocycles. The maximum Gasteiger partial charge on any atom is 0.188 e. The first-order valence-electron chi connectivity index (χ1n) is 7.14. The number of aliphatic imine (C=N–C) groups is 1. The molecule has 0 spiro atoms. The van der Waals surface area contributed by atoms with E-state index in [-0.39, 0.29) is 0 Å². The molecule has 100 valence electrons. The third-order valence-corrected chi connectivity index (χ3v) is 4.02. The molecule has 1 aliphatic carbocycles. The van der Waals surface area contributed by atoms with Gasteiger partial charge in [-0.2, -0.15) is 0 Å². The predicted molar refractivity (Wildman–Crippen MR) is 75.1 cm³/mol. The molecule has 0 aromatic heterocycles. The summed E-state index contributed by atoms with van der Waals surface area (Å²) in [7, 11) is 0. The zero-order valence-corrected chi connectivity index (χ0v) is 11.8. The number of nitrogens with one attached hydrogen (secondary N) is 1. The van der Waals surface area contributed by atoms with E-state index in [1.165, 1.54) is 38.5 Å². The van der Waals surface area contributed by atoms with Crippen LogP contribution in [-0.4, -0.2) is 19.0 Å². The lowest BCUT2D eigenvalue weighted by molar-refractivity contribution is 0.370. The fraction of sp³-hybridized carbons (Fsp3) is 0.929. The SMILES string of the molecule is CCCCCCNC(N)=NCC1(C(C)C)CC1. The molecule has 1 fully saturated rings. The molecule has 0 aliphatic heterocycles. The van der Waals surface area contributed by atoms with E-state index in [1.54, 1.807) is 0 Å². The van der Waals surface area contributed by atoms with E-state index in [0.29, 0.717) is 11.4 Å². The third-order valence-electron chi connectivity index (χ3n) is 4.02. The molecule has 0 heterocycles. The first-order valence-corrected chi connectivity index (χ1v) is 7.14. The van der Waals surface area contributed by atoms with E-state index < -0.39 is 0 Å². The van der Waals surface area contributed by atoms with Crippen molar-refractivity contribution in [2.75, 3.05) is 13.1 Å². The number of hydrogen-bond acceptors (Lipinski definition) is 1. The summed E-state index contributed by atoms with van der Waals surface area (Å²) in [4.78, 5) is 4.48. The van der Waals surface area contributed by atoms with Gasteiger partial charge in [0.25, 0.3) is 0 Å². The highest BCUT2D eigenvalue weighted by Gasteiger charge is 2.44. The highest BCUT2D eigenvalue weighted by atomic mass is 15.1. The van der Waals surface area contributed by atoms with Gasteiger partial charge in [-0.15, -0.1) is 0 Å². The highest BCUT2D eigenvalue weighted by molar-refractivity contribution is 5.77. The van der Waals surface area contributed by atoms with Crippen LogP contribution in [-0.2, 0) is 0 Å². The molecule has 0 radical (unpaired) electrons. The zero-order chi connectivity index (χ0) is 12.7. The number of rotatable bonds is 8. The second-order valence-electron chi connectivity index (χ2n) is 5.71. The van der Waals surface area contributed by atoms with Crippen LogP contribution in [0.3, 0.4) is 0 Å². The zero-order valence-electron chi connectivity index (χ0n) is 11.8. The van der Waals surface area contributed by atoms with Crippen LogP contribution in [0.25, 0.3) is 0 Å². The van der Waals surface area contributed by atoms with Gasteiger partial charge in [0.15, 0.2) is 5.96 Å². The van der Waals surface area contributed by atoms with Crippen molar-refractivity contribution in [1.82, 2.24) is 5.32 Å². The third kappa shape index (κ3) is 4.97. The number of guanidine groups is 1. The molecule has 3 nitrogen and oxygen atoms in total. The van der Waals surface area contributed by atoms with Gasteiger partial charge in [-0.1, -0.05) is 40.0 Å². The minimum absolute atomic E-state index is 0.467. The van der Waals surface area contributed by atoms with Crippen LogP contribution >= 0.6 is 0 Å². The average Bonchev–Trinajstić information content (AvgIpc) is 3.07. The quantitative estimate of drug-likeness (QED) is 0.389. The van der Waals surface area contributed by atoms with E-state index in [4.69, 9.17) is 5.73 Å². The van der Waals surface area contributed by atoms with Crippen molar-refractivity contribution >= 4 is 5.96 Å². The minimum Gasteiger partial charge on any atom is -0.370 e. The summed E-state index contributed by atoms with van der Waals surface area (Å²) >= 11 is 0. The maximum atomic E-state index is 5.86. The number of nitrogens with two attached hydrogens (primary N) is 1. The fourth-order valence-electron chi connectivity index (χ4n) is 2.15. The Hall–Kier alpha value is -0.730. The molecule has 0 aromatic rings. The van der Waals surface area contributed by atoms with Gasteiger partial charge in [-0.05, 0) is 30.6 Å². The molecule has 3 N–H and O–H groups in total. The lowest BCUT2D eigenvalue weighted by atomic mass is 9.93. The molecule has 0 amide bonds. The van der Waals surface area contributed by atoms with Crippen LogP contribution in [0.4, 0.5) is 0 Å². The van der Waals surface area contributed by atoms with Gasteiger partial charge < -0.3 is 11.1 Å². The minimum atomic E-state index is 0.467. The van der Waals surface area contributed by atoms with Crippen molar-refractivity contribution in [3.8, 4) is 0 Å². The van der Waals surface area contributed by atoms with Crippen molar-refractivity contribution in [1.29, 1.82) is 0 Å². The molecular formula is C14H29N3. The molecule has 3 heteroatoms. The van der Waals surface area contributed by atoms with Crippen LogP contribution in [0.2, 0.25) is 0 Å². The summed E-state index contributed by atoms with van der Waals surface area (Å²) in [6.45, 7) is 8.67. The first kappa shape index (κ1) is 14.3. The smallest absolute Gasteiger partial charge is 0.188 e. The maximum absolute atomic E-state index is 5.86. The fourth-order valence-corrected chi connectivity index (χ4v) is 2.15. The number of nitrogens with zero attached hydrogens (tertiary/aromatic N) is 1. The van der Waals surface area contributed by atoms with Gasteiger partial charge in [-0.25, -0.2) is 0 Å². The van der Waals surface area contributed by atoms with Crippen LogP contribution < -0.4 is 11.1 Å². The van der Waals surface area contributed by atoms with Gasteiger partial charge in [0, 0.05) is 13.1 Å². The standard InChI is InChI=1S/C14H29N3/c1-4-5-6-7-10-16-13(15)17-11-14(8-9-14)12(2)3/h12H,4-11H2,1-3H3,(H3,15,16,17). The normalized spacial score (nSPS) is 18.5. The van der Waals surface area contributed by atoms with E-state index in [0.717, 1.165) is 19.0 Å². The Morgan fingerprint density at radius 3 is 2.53 bits per heavy atom. The molecule has 0 atom stereocenters. The second-order valence-corrected chi connectivity index (χ2v) is 5.71. The Balaban J connectivity index is 2.13. The Morgan fingerprint density at radius 2 is 2.00 bits per heavy atom. The summed E-state index contributed by atoms with van der Waals surface area (Å²) in [6.07, 6.45) is 7.71. The Morgan fingerprint density at radius 1 is 1.29 bits per heavy atom. The lowest BCUT2D eigenvalue weighted by Crippen LogP contribution is -2.33. The topological polar surface area (TPSA) is 50.4 Å². The molecule has 1 saturated carbocycles. The highest BCUT2D eigenvalue weighted by Crippen LogP contribution is 2.51. The molecule has 0 unspecified atom stereocenters. The number of unbranched alkanes of at least 4 members (excludes halogenated alkanes) is 3. The molecule has 0 aromatic carbocycles. The van der Waals surface area contributed by atoms with Crippen molar-refractivity contribution in [2.45, 2.75) is 59.3 Å². The summed E-state index contributed by atoms with van der Waals surface area (Å²) in [6, 6.07) is 0. The van der Waals surface area contributed by atoms with Crippen molar-refractivity contribution in [3.05, 3.63) is 0 Å². The first-order chi connectivity index (χ1) is 8.10. The van der Waals surface area contributed by atoms with Crippen LogP contribution in [0.1, 0.15) is 59.3 Å². The molecular weight excluding hydrogens is 210 g/mol. The van der Waals surface area contributed by atoms with Gasteiger partial charge in [0.2, 0.25) is 0 Å². The monoisotopic (exact) mass is 239 g/mol. The average molecular weight is 239 g/mol. The molecule has 0 bridgehead atoms. The summed E-state index contributed by atoms with van der Waals surface area (Å²) < 4.78 is 0. The molecule has 1 aliphatic rings. The van der Waals surface area contributed by atoms with Crippen molar-refractivity contribution in [3.63, 3.8) is 0 Å². The van der Waals surface area contributed by atoms with E-state index in [9.17, 15) is 0 Å². The van der Waals surface area contributed by atoms with Crippen LogP contribution in [0.15, 0.2) is 4.99 Å². The summed E-state index contributed by atoms with van der Waals surface area (Å²) in [5, 5.41) is 3.21. The predicted octanol–water partition coefficient (Wildman–Crippen LogP) is 2.91. The van der Waals surface area contributed by atoms with Crippen molar-refractivity contribution < 1.29 is 0 Å². The van der Waals surface area contributed by atoms with Gasteiger partial charge in [-0.3, -0.25) is 4.99 Å². The summed E-state index contributed by atoms with van der Waals surface area (Å²) in [5.41, 5.74) is 6.33. The van der Waals surface area contributed by atoms with Gasteiger partial charge in [0.05, 0.1) is 0 Å². The van der Waals surface area contributed by atoms with Crippen LogP contribution in [0, 0.1) is 11.3 Å². The van der Waals surface area contributed by atoms with E-state index in [2.05, 4.69) is 31.1 Å². The van der Waals surface area contributed by atoms with Gasteiger partial charge in [0.1, 0.15) is 0 Å². The second kappa shape index (κ2) is 6.87. The van der Waals surface area contributed by atoms with Crippen molar-refractivity contribution in [2.24, 2.45) is 22.1 Å². The van der Waals surface area contributed by atoms with E-state index in [1.807, 2.05) is 0 Å². The largest absolute Gasteiger partial charge is 0.370 e. The van der Waals surface area contributed by atoms with Gasteiger partial charge >= 0.3 is 0 Å². The lowest BCUT2D eigenvalue weighted by Gasteiger charge is -2.17. The Bertz CT molecular complexity index is 242. The summed E-state index contributed by atoms with van der Waals surface area (Å²) in [5.74, 6) is 1.36. The Labute approximate surface area is 106 Å². The van der Waals surface area contributed by atoms with Crippen LogP contribution in [0.5, 0.6) is 0 Å². The number of hydrogen-bond donors (Lipinski definition) is 2. The van der Waals surface area contributed by atoms with E-state index >= 15 is 0 Å². The molecule has 1 rings (SSSR count). The molecule has 17 heavy (non-hydrogen) atoms. The Kier molecular flexibility index (Phi) is 5.79.